The first-order valence-electron chi connectivity index (χ1n) is 9.82. The Morgan fingerprint density at radius 3 is 2.56 bits per heavy atom. The molecular formula is C18H24N6O9S. The second-order valence-corrected chi connectivity index (χ2v) is 7.58. The number of nitrogens with two attached hydrogens (primary N) is 1. The highest BCUT2D eigenvalue weighted by Gasteiger charge is 2.27. The van der Waals surface area contributed by atoms with Crippen molar-refractivity contribution in [1.29, 1.82) is 0 Å². The number of hydrogen-bond acceptors (Lipinski definition) is 9. The van der Waals surface area contributed by atoms with Gasteiger partial charge >= 0.3 is 24.1 Å². The zero-order chi connectivity index (χ0) is 25.6. The van der Waals surface area contributed by atoms with Crippen LogP contribution >= 0.6 is 12.2 Å². The molecule has 2 aromatic heterocycles. The number of carboxylic acid groups (broad SMARTS) is 2. The Kier molecular flexibility index (Phi) is 8.88. The number of esters is 1. The van der Waals surface area contributed by atoms with Gasteiger partial charge in [0.25, 0.3) is 5.56 Å². The number of hydrogen-bond donors (Lipinski definition) is 5. The van der Waals surface area contributed by atoms with Gasteiger partial charge in [-0.3, -0.25) is 14.6 Å². The van der Waals surface area contributed by atoms with Crippen LogP contribution in [0.5, 0.6) is 0 Å². The van der Waals surface area contributed by atoms with E-state index in [1.54, 1.807) is 16.0 Å². The molecule has 0 aliphatic heterocycles. The number of H-pyrrole nitrogens is 1. The number of nitrogens with one attached hydrogen (secondary N) is 2. The van der Waals surface area contributed by atoms with E-state index in [9.17, 15) is 29.1 Å². The molecule has 2 rings (SSSR count). The summed E-state index contributed by atoms with van der Waals surface area (Å²) < 4.78 is 13.7. The number of aromatic nitrogens is 3. The molecule has 0 bridgehead atoms. The molecule has 0 fully saturated rings. The minimum absolute atomic E-state index is 0.00731. The summed E-state index contributed by atoms with van der Waals surface area (Å²) >= 11 is 5.22. The normalized spacial score (nSPS) is 11.9. The molecule has 0 saturated heterocycles. The summed E-state index contributed by atoms with van der Waals surface area (Å²) in [4.78, 5) is 60.7. The van der Waals surface area contributed by atoms with Gasteiger partial charge in [0.15, 0.2) is 11.5 Å². The van der Waals surface area contributed by atoms with Gasteiger partial charge in [-0.05, 0) is 32.1 Å². The zero-order valence-corrected chi connectivity index (χ0v) is 19.0. The molecular weight excluding hydrogens is 476 g/mol. The van der Waals surface area contributed by atoms with Gasteiger partial charge in [0.1, 0.15) is 11.6 Å². The van der Waals surface area contributed by atoms with Crippen molar-refractivity contribution in [2.45, 2.75) is 45.7 Å². The molecule has 0 radical (unpaired) electrons. The summed E-state index contributed by atoms with van der Waals surface area (Å²) in [6.45, 7) is 4.03. The van der Waals surface area contributed by atoms with Crippen molar-refractivity contribution in [1.82, 2.24) is 24.4 Å². The van der Waals surface area contributed by atoms with E-state index in [2.05, 4.69) is 4.98 Å². The van der Waals surface area contributed by atoms with Crippen molar-refractivity contribution in [3.8, 4) is 0 Å². The van der Waals surface area contributed by atoms with E-state index in [-0.39, 0.29) is 21.4 Å². The number of amides is 3. The van der Waals surface area contributed by atoms with Gasteiger partial charge < -0.3 is 34.1 Å². The van der Waals surface area contributed by atoms with E-state index in [0.29, 0.717) is 18.7 Å². The van der Waals surface area contributed by atoms with Crippen LogP contribution in [0.3, 0.4) is 0 Å². The molecule has 0 aliphatic rings. The Morgan fingerprint density at radius 1 is 1.29 bits per heavy atom. The van der Waals surface area contributed by atoms with Crippen LogP contribution in [-0.2, 0) is 32.3 Å². The number of hydrazine groups is 1. The summed E-state index contributed by atoms with van der Waals surface area (Å²) in [6.07, 6.45) is -1.17. The number of imide groups is 1. The molecule has 2 heterocycles. The Labute approximate surface area is 196 Å². The molecule has 2 aromatic rings. The average Bonchev–Trinajstić information content (AvgIpc) is 3.17. The maximum Gasteiger partial charge on any atom is 0.430 e. The highest BCUT2D eigenvalue weighted by atomic mass is 32.1. The predicted octanol–water partition coefficient (Wildman–Crippen LogP) is 0.193. The van der Waals surface area contributed by atoms with Crippen LogP contribution in [-0.4, -0.2) is 72.2 Å². The van der Waals surface area contributed by atoms with Crippen molar-refractivity contribution >= 4 is 47.3 Å². The monoisotopic (exact) mass is 500 g/mol. The molecule has 1 unspecified atom stereocenters. The van der Waals surface area contributed by atoms with Gasteiger partial charge in [0, 0.05) is 12.7 Å². The third-order valence-corrected chi connectivity index (χ3v) is 4.76. The number of fused-ring (bicyclic) bond motifs is 1. The van der Waals surface area contributed by atoms with Gasteiger partial charge in [0.05, 0.1) is 24.6 Å². The van der Waals surface area contributed by atoms with E-state index < -0.39 is 48.8 Å². The van der Waals surface area contributed by atoms with Crippen LogP contribution in [0.1, 0.15) is 20.3 Å². The molecule has 34 heavy (non-hydrogen) atoms. The van der Waals surface area contributed by atoms with Crippen molar-refractivity contribution < 1.29 is 38.9 Å². The Bertz CT molecular complexity index is 1200. The van der Waals surface area contributed by atoms with Crippen LogP contribution in [0.25, 0.3) is 11.0 Å². The lowest BCUT2D eigenvalue weighted by Crippen LogP contribution is -2.53. The summed E-state index contributed by atoms with van der Waals surface area (Å²) in [5.74, 6) is 2.30. The van der Waals surface area contributed by atoms with Gasteiger partial charge in [-0.2, -0.15) is 5.01 Å². The number of aliphatic carboxylic acids is 1. The largest absolute Gasteiger partial charge is 0.480 e. The Hall–Kier alpha value is -3.76. The van der Waals surface area contributed by atoms with Gasteiger partial charge in [0.2, 0.25) is 0 Å². The molecule has 0 aromatic carbocycles. The fourth-order valence-electron chi connectivity index (χ4n) is 2.84. The molecule has 186 valence electrons. The topological polar surface area (TPSA) is 211 Å². The maximum absolute atomic E-state index is 12.4. The van der Waals surface area contributed by atoms with E-state index in [1.807, 2.05) is 13.8 Å². The quantitative estimate of drug-likeness (QED) is 0.0976. The molecule has 0 saturated carbocycles. The molecule has 0 aliphatic carbocycles. The zero-order valence-electron chi connectivity index (χ0n) is 18.2. The second kappa shape index (κ2) is 11.4. The predicted molar refractivity (Wildman–Crippen MR) is 117 cm³/mol. The van der Waals surface area contributed by atoms with E-state index >= 15 is 0 Å². The van der Waals surface area contributed by atoms with Gasteiger partial charge in [-0.1, -0.05) is 0 Å². The minimum Gasteiger partial charge on any atom is -0.480 e. The fourth-order valence-corrected chi connectivity index (χ4v) is 3.12. The van der Waals surface area contributed by atoms with Crippen molar-refractivity contribution in [3.63, 3.8) is 0 Å². The summed E-state index contributed by atoms with van der Waals surface area (Å²) in [5.41, 5.74) is 0.119. The highest BCUT2D eigenvalue weighted by molar-refractivity contribution is 7.71. The first-order chi connectivity index (χ1) is 15.9. The number of nitrogens with zero attached hydrogens (tertiary/aromatic N) is 3. The Morgan fingerprint density at radius 2 is 1.97 bits per heavy atom. The summed E-state index contributed by atoms with van der Waals surface area (Å²) in [7, 11) is 0. The fraction of sp³-hybridized carbons (Fsp3) is 0.444. The second-order valence-electron chi connectivity index (χ2n) is 7.19. The number of aromatic amines is 1. The van der Waals surface area contributed by atoms with E-state index in [1.165, 1.54) is 10.8 Å². The van der Waals surface area contributed by atoms with Crippen molar-refractivity contribution in [2.75, 3.05) is 6.61 Å². The molecule has 15 nitrogen and oxygen atoms in total. The number of carboxylic acids is 1. The smallest absolute Gasteiger partial charge is 0.430 e. The number of urea groups is 1. The number of carbonyl (C=O) groups excluding carboxylic acids is 2. The Balaban J connectivity index is 2.12. The van der Waals surface area contributed by atoms with Crippen LogP contribution in [0.2, 0.25) is 0 Å². The van der Waals surface area contributed by atoms with Crippen molar-refractivity contribution in [2.24, 2.45) is 5.84 Å². The summed E-state index contributed by atoms with van der Waals surface area (Å²) in [6, 6.07) is -1.64. The highest BCUT2D eigenvalue weighted by Crippen LogP contribution is 2.13. The van der Waals surface area contributed by atoms with Crippen LogP contribution < -0.4 is 16.7 Å². The molecule has 6 N–H and O–H groups in total. The minimum atomic E-state index is -1.83. The average molecular weight is 500 g/mol. The summed E-state index contributed by atoms with van der Waals surface area (Å²) in [5, 5.41) is 19.4. The molecule has 1 atom stereocenters. The lowest BCUT2D eigenvalue weighted by molar-refractivity contribution is -0.152. The first-order valence-corrected chi connectivity index (χ1v) is 10.2. The van der Waals surface area contributed by atoms with E-state index in [4.69, 9.17) is 32.6 Å². The van der Waals surface area contributed by atoms with Crippen LogP contribution in [0.4, 0.5) is 9.59 Å². The molecule has 16 heteroatoms. The third kappa shape index (κ3) is 6.63. The molecule has 0 spiro atoms. The lowest BCUT2D eigenvalue weighted by atomic mass is 10.2. The standard InChI is InChI=1S/C18H24N6O9S/c1-9(2)32-6-5-23-11-3-4-22(13(11)14(26)21-17(23)34)8-33-12(25)7-10(15(27)28)20-16(29)24(19)18(30)31/h3-4,9-10H,5-8,19H2,1-2H3,(H,20,29)(H,27,28)(H,30,31)(H,21,26,34). The number of carbonyl (C=O) groups is 4. The molecule has 3 amide bonds. The number of ether oxygens (including phenoxy) is 2. The maximum atomic E-state index is 12.4. The van der Waals surface area contributed by atoms with Crippen LogP contribution in [0, 0.1) is 4.77 Å². The first kappa shape index (κ1) is 26.5. The third-order valence-electron chi connectivity index (χ3n) is 4.44. The van der Waals surface area contributed by atoms with Crippen LogP contribution in [0.15, 0.2) is 17.1 Å². The van der Waals surface area contributed by atoms with E-state index in [0.717, 1.165) is 0 Å². The van der Waals surface area contributed by atoms with Crippen molar-refractivity contribution in [3.05, 3.63) is 27.4 Å². The number of rotatable bonds is 10. The van der Waals surface area contributed by atoms with Gasteiger partial charge in [-0.25, -0.2) is 20.2 Å². The van der Waals surface area contributed by atoms with Gasteiger partial charge in [-0.15, -0.1) is 0 Å². The SMILES string of the molecule is CC(C)OCCn1c(=S)[nH]c(=O)c2c1ccn2COC(=O)CC(NC(=O)N(N)C(=O)O)C(=O)O. The lowest BCUT2D eigenvalue weighted by Gasteiger charge is -2.17.